The van der Waals surface area contributed by atoms with Gasteiger partial charge in [0.25, 0.3) is 5.91 Å². The number of hydrogen-bond donors (Lipinski definition) is 0. The maximum absolute atomic E-state index is 12.9. The molecule has 0 unspecified atom stereocenters. The van der Waals surface area contributed by atoms with Crippen molar-refractivity contribution in [2.24, 2.45) is 0 Å². The van der Waals surface area contributed by atoms with Crippen molar-refractivity contribution in [1.82, 2.24) is 4.90 Å². The van der Waals surface area contributed by atoms with Crippen LogP contribution in [0, 0.1) is 13.8 Å². The van der Waals surface area contributed by atoms with Crippen LogP contribution < -0.4 is 14.4 Å². The van der Waals surface area contributed by atoms with Gasteiger partial charge in [-0.15, -0.1) is 13.2 Å². The molecular weight excluding hydrogens is 425 g/mol. The number of benzene rings is 2. The number of alkyl halides is 3. The second kappa shape index (κ2) is 8.37. The monoisotopic (exact) mass is 450 g/mol. The molecule has 172 valence electrons. The molecule has 0 saturated carbocycles. The van der Waals surface area contributed by atoms with Gasteiger partial charge in [0.1, 0.15) is 23.6 Å². The maximum Gasteiger partial charge on any atom is 0.573 e. The van der Waals surface area contributed by atoms with Gasteiger partial charge in [0.2, 0.25) is 0 Å². The number of urea groups is 1. The third-order valence-electron chi connectivity index (χ3n) is 4.69. The van der Waals surface area contributed by atoms with E-state index in [1.165, 1.54) is 12.1 Å². The van der Waals surface area contributed by atoms with Crippen molar-refractivity contribution in [3.05, 3.63) is 53.1 Å². The average Bonchev–Trinajstić information content (AvgIpc) is 2.91. The van der Waals surface area contributed by atoms with Crippen molar-refractivity contribution in [3.8, 4) is 11.5 Å². The first kappa shape index (κ1) is 23.4. The Morgan fingerprint density at radius 3 is 2.16 bits per heavy atom. The normalized spacial score (nSPS) is 14.9. The number of anilines is 1. The second-order valence-electron chi connectivity index (χ2n) is 8.67. The molecule has 1 fully saturated rings. The van der Waals surface area contributed by atoms with E-state index in [-0.39, 0.29) is 24.4 Å². The Balaban J connectivity index is 1.80. The number of halogens is 3. The average molecular weight is 450 g/mol. The van der Waals surface area contributed by atoms with Gasteiger partial charge in [-0.3, -0.25) is 14.6 Å². The number of carbonyl (C=O) groups is 2. The summed E-state index contributed by atoms with van der Waals surface area (Å²) in [5, 5.41) is 0. The van der Waals surface area contributed by atoms with Crippen LogP contribution in [0.25, 0.3) is 0 Å². The Hall–Kier alpha value is -3.23. The molecule has 1 aliphatic rings. The van der Waals surface area contributed by atoms with Crippen LogP contribution in [0.1, 0.15) is 37.5 Å². The van der Waals surface area contributed by atoms with Crippen molar-refractivity contribution in [2.45, 2.75) is 53.1 Å². The van der Waals surface area contributed by atoms with Gasteiger partial charge in [0.05, 0.1) is 6.54 Å². The first-order valence-electron chi connectivity index (χ1n) is 10.0. The standard InChI is InChI=1S/C23H25F3N2O4/c1-14-9-16(10-15(2)20(14)32-22(3,4)5)12-28-19(29)13-27(21(28)30)17-7-6-8-18(11-17)31-23(24,25)26/h6-11H,12-13H2,1-5H3. The maximum atomic E-state index is 12.9. The molecule has 1 saturated heterocycles. The van der Waals surface area contributed by atoms with E-state index in [4.69, 9.17) is 4.74 Å². The van der Waals surface area contributed by atoms with Crippen LogP contribution in [0.5, 0.6) is 11.5 Å². The highest BCUT2D eigenvalue weighted by Gasteiger charge is 2.37. The smallest absolute Gasteiger partial charge is 0.488 e. The van der Waals surface area contributed by atoms with E-state index in [1.807, 2.05) is 46.8 Å². The molecule has 2 aromatic rings. The van der Waals surface area contributed by atoms with Gasteiger partial charge in [-0.05, 0) is 63.4 Å². The molecule has 0 bridgehead atoms. The summed E-state index contributed by atoms with van der Waals surface area (Å²) in [4.78, 5) is 27.6. The molecule has 2 aromatic carbocycles. The SMILES string of the molecule is Cc1cc(CN2C(=O)CN(c3cccc(OC(F)(F)F)c3)C2=O)cc(C)c1OC(C)(C)C. The van der Waals surface area contributed by atoms with Gasteiger partial charge >= 0.3 is 12.4 Å². The van der Waals surface area contributed by atoms with E-state index in [0.717, 1.165) is 44.4 Å². The van der Waals surface area contributed by atoms with Gasteiger partial charge < -0.3 is 9.47 Å². The fraction of sp³-hybridized carbons (Fsp3) is 0.391. The topological polar surface area (TPSA) is 59.1 Å². The molecule has 9 heteroatoms. The zero-order chi connectivity index (χ0) is 23.8. The van der Waals surface area contributed by atoms with Crippen LogP contribution in [0.3, 0.4) is 0 Å². The summed E-state index contributed by atoms with van der Waals surface area (Å²) >= 11 is 0. The van der Waals surface area contributed by atoms with Crippen LogP contribution in [0.15, 0.2) is 36.4 Å². The van der Waals surface area contributed by atoms with Gasteiger partial charge in [0, 0.05) is 11.8 Å². The summed E-state index contributed by atoms with van der Waals surface area (Å²) in [5.41, 5.74) is 2.28. The Labute approximate surface area is 184 Å². The van der Waals surface area contributed by atoms with Crippen LogP contribution >= 0.6 is 0 Å². The Morgan fingerprint density at radius 2 is 1.59 bits per heavy atom. The first-order valence-corrected chi connectivity index (χ1v) is 10.0. The lowest BCUT2D eigenvalue weighted by Gasteiger charge is -2.25. The molecule has 0 spiro atoms. The summed E-state index contributed by atoms with van der Waals surface area (Å²) in [5.74, 6) is -0.153. The second-order valence-corrected chi connectivity index (χ2v) is 8.67. The largest absolute Gasteiger partial charge is 0.573 e. The number of nitrogens with zero attached hydrogens (tertiary/aromatic N) is 2. The van der Waals surface area contributed by atoms with E-state index in [2.05, 4.69) is 4.74 Å². The summed E-state index contributed by atoms with van der Waals surface area (Å²) in [7, 11) is 0. The summed E-state index contributed by atoms with van der Waals surface area (Å²) in [6.45, 7) is 9.41. The minimum atomic E-state index is -4.85. The van der Waals surface area contributed by atoms with Crippen molar-refractivity contribution in [3.63, 3.8) is 0 Å². The lowest BCUT2D eigenvalue weighted by molar-refractivity contribution is -0.274. The number of ether oxygens (including phenoxy) is 2. The Morgan fingerprint density at radius 1 is 0.969 bits per heavy atom. The van der Waals surface area contributed by atoms with Gasteiger partial charge in [-0.25, -0.2) is 4.79 Å². The van der Waals surface area contributed by atoms with E-state index >= 15 is 0 Å². The first-order chi connectivity index (χ1) is 14.7. The number of carbonyl (C=O) groups excluding carboxylic acids is 2. The predicted molar refractivity (Wildman–Crippen MR) is 113 cm³/mol. The zero-order valence-corrected chi connectivity index (χ0v) is 18.5. The fourth-order valence-corrected chi connectivity index (χ4v) is 3.53. The molecule has 6 nitrogen and oxygen atoms in total. The minimum absolute atomic E-state index is 0.0460. The van der Waals surface area contributed by atoms with Crippen LogP contribution in [0.2, 0.25) is 0 Å². The lowest BCUT2D eigenvalue weighted by Crippen LogP contribution is -2.32. The number of imide groups is 1. The van der Waals surface area contributed by atoms with E-state index < -0.39 is 24.1 Å². The molecule has 0 atom stereocenters. The third-order valence-corrected chi connectivity index (χ3v) is 4.69. The highest BCUT2D eigenvalue weighted by Crippen LogP contribution is 2.31. The van der Waals surface area contributed by atoms with Gasteiger partial charge in [-0.2, -0.15) is 0 Å². The van der Waals surface area contributed by atoms with Crippen molar-refractivity contribution in [2.75, 3.05) is 11.4 Å². The van der Waals surface area contributed by atoms with Crippen LogP contribution in [-0.2, 0) is 11.3 Å². The van der Waals surface area contributed by atoms with Gasteiger partial charge in [0.15, 0.2) is 0 Å². The van der Waals surface area contributed by atoms with E-state index in [0.29, 0.717) is 0 Å². The minimum Gasteiger partial charge on any atom is -0.488 e. The van der Waals surface area contributed by atoms with Crippen molar-refractivity contribution < 1.29 is 32.2 Å². The molecule has 0 aliphatic carbocycles. The number of hydrogen-bond acceptors (Lipinski definition) is 4. The molecule has 3 rings (SSSR count). The van der Waals surface area contributed by atoms with Crippen molar-refractivity contribution >= 4 is 17.6 Å². The quantitative estimate of drug-likeness (QED) is 0.577. The van der Waals surface area contributed by atoms with Gasteiger partial charge in [-0.1, -0.05) is 18.2 Å². The molecule has 0 N–H and O–H groups in total. The third kappa shape index (κ3) is 5.52. The molecule has 1 heterocycles. The van der Waals surface area contributed by atoms with Crippen molar-refractivity contribution in [1.29, 1.82) is 0 Å². The fourth-order valence-electron chi connectivity index (χ4n) is 3.53. The highest BCUT2D eigenvalue weighted by molar-refractivity contribution is 6.12. The predicted octanol–water partition coefficient (Wildman–Crippen LogP) is 5.35. The number of amides is 3. The molecule has 0 aromatic heterocycles. The number of rotatable bonds is 5. The molecule has 32 heavy (non-hydrogen) atoms. The zero-order valence-electron chi connectivity index (χ0n) is 18.5. The number of aryl methyl sites for hydroxylation is 2. The molecular formula is C23H25F3N2O4. The van der Waals surface area contributed by atoms with E-state index in [1.54, 1.807) is 0 Å². The van der Waals surface area contributed by atoms with Crippen LogP contribution in [-0.4, -0.2) is 35.3 Å². The summed E-state index contributed by atoms with van der Waals surface area (Å²) in [6, 6.07) is 8.09. The molecule has 0 radical (unpaired) electrons. The lowest BCUT2D eigenvalue weighted by atomic mass is 10.0. The Bertz CT molecular complexity index is 1020. The highest BCUT2D eigenvalue weighted by atomic mass is 19.4. The molecule has 3 amide bonds. The Kier molecular flexibility index (Phi) is 6.13. The van der Waals surface area contributed by atoms with E-state index in [9.17, 15) is 22.8 Å². The van der Waals surface area contributed by atoms with Crippen LogP contribution in [0.4, 0.5) is 23.7 Å². The summed E-state index contributed by atoms with van der Waals surface area (Å²) in [6.07, 6.45) is -4.85. The molecule has 1 aliphatic heterocycles. The summed E-state index contributed by atoms with van der Waals surface area (Å²) < 4.78 is 47.4.